The van der Waals surface area contributed by atoms with Gasteiger partial charge in [0.2, 0.25) is 0 Å². The summed E-state index contributed by atoms with van der Waals surface area (Å²) in [6.45, 7) is 1.71. The summed E-state index contributed by atoms with van der Waals surface area (Å²) in [5.41, 5.74) is 7.11. The number of hydrogen-bond acceptors (Lipinski definition) is 12. The fraction of sp³-hybridized carbons (Fsp3) is 0.133. The van der Waals surface area contributed by atoms with Gasteiger partial charge in [0.25, 0.3) is 0 Å². The highest BCUT2D eigenvalue weighted by atomic mass is 16.6. The Morgan fingerprint density at radius 1 is 0.533 bits per heavy atom. The molecule has 12 nitrogen and oxygen atoms in total. The molecule has 60 heavy (non-hydrogen) atoms. The van der Waals surface area contributed by atoms with E-state index in [1.54, 1.807) is 30.6 Å². The lowest BCUT2D eigenvalue weighted by Crippen LogP contribution is -2.37. The van der Waals surface area contributed by atoms with Crippen molar-refractivity contribution in [2.45, 2.75) is 19.3 Å². The Balaban J connectivity index is 0.000000151. The van der Waals surface area contributed by atoms with E-state index in [0.29, 0.717) is 42.8 Å². The first kappa shape index (κ1) is 43.0. The van der Waals surface area contributed by atoms with Gasteiger partial charge in [0.1, 0.15) is 23.5 Å². The van der Waals surface area contributed by atoms with Gasteiger partial charge in [-0.05, 0) is 58.6 Å². The summed E-state index contributed by atoms with van der Waals surface area (Å²) in [4.78, 5) is 10.9. The summed E-state index contributed by atoms with van der Waals surface area (Å²) >= 11 is 0. The van der Waals surface area contributed by atoms with Crippen LogP contribution in [0.25, 0.3) is 0 Å². The molecule has 0 spiro atoms. The molecule has 0 aromatic heterocycles. The topological polar surface area (TPSA) is 169 Å². The van der Waals surface area contributed by atoms with Gasteiger partial charge in [0.15, 0.2) is 0 Å². The average molecular weight is 804 g/mol. The van der Waals surface area contributed by atoms with Crippen molar-refractivity contribution in [3.05, 3.63) is 179 Å². The van der Waals surface area contributed by atoms with E-state index < -0.39 is 21.4 Å². The van der Waals surface area contributed by atoms with Crippen molar-refractivity contribution in [3.63, 3.8) is 0 Å². The third-order valence-corrected chi connectivity index (χ3v) is 9.32. The van der Waals surface area contributed by atoms with Crippen molar-refractivity contribution in [3.8, 4) is 17.2 Å². The highest BCUT2D eigenvalue weighted by Crippen LogP contribution is 2.16. The lowest BCUT2D eigenvalue weighted by Gasteiger charge is -2.14. The van der Waals surface area contributed by atoms with Gasteiger partial charge in [0, 0.05) is 46.9 Å². The third-order valence-electron chi connectivity index (χ3n) is 9.32. The van der Waals surface area contributed by atoms with Gasteiger partial charge in [-0.3, -0.25) is 4.79 Å². The standard InChI is InChI=1S/2C15H14BNO3.C15H15BO4/c2*18-16-15-7-6-14(10-13(15)11-17-20-16)19-9-8-12-4-2-1-3-5-12;17-11-13-10-14(6-7-15(13)16(18)19)20-9-8-12-4-2-1-3-5-12/h2*1-7,10-11,18H,8-9H2;1-7,10-11,18-19H,8-9H2. The molecule has 0 saturated carbocycles. The number of fused-ring (bicyclic) bond motifs is 2. The molecule has 0 unspecified atom stereocenters. The highest BCUT2D eigenvalue weighted by Gasteiger charge is 2.26. The Kier molecular flexibility index (Phi) is 16.1. The minimum atomic E-state index is -1.66. The summed E-state index contributed by atoms with van der Waals surface area (Å²) in [6.07, 6.45) is 6.22. The van der Waals surface area contributed by atoms with Crippen molar-refractivity contribution in [2.24, 2.45) is 10.3 Å². The van der Waals surface area contributed by atoms with Crippen molar-refractivity contribution in [1.29, 1.82) is 0 Å². The molecule has 2 heterocycles. The quantitative estimate of drug-likeness (QED) is 0.0945. The minimum absolute atomic E-state index is 0.176. The second-order valence-corrected chi connectivity index (χ2v) is 13.5. The maximum atomic E-state index is 10.9. The molecule has 0 saturated heterocycles. The van der Waals surface area contributed by atoms with Gasteiger partial charge >= 0.3 is 21.4 Å². The molecule has 6 aromatic carbocycles. The first-order valence-electron chi connectivity index (χ1n) is 19.3. The Morgan fingerprint density at radius 2 is 0.917 bits per heavy atom. The molecule has 0 atom stereocenters. The van der Waals surface area contributed by atoms with Crippen LogP contribution in [0.3, 0.4) is 0 Å². The van der Waals surface area contributed by atoms with Gasteiger partial charge in [-0.2, -0.15) is 0 Å². The zero-order chi connectivity index (χ0) is 41.9. The molecule has 0 bridgehead atoms. The van der Waals surface area contributed by atoms with E-state index >= 15 is 0 Å². The van der Waals surface area contributed by atoms with Gasteiger partial charge in [-0.1, -0.05) is 109 Å². The second-order valence-electron chi connectivity index (χ2n) is 13.5. The molecule has 2 aliphatic heterocycles. The number of nitrogens with zero attached hydrogens (tertiary/aromatic N) is 2. The molecule has 0 radical (unpaired) electrons. The molecule has 0 amide bonds. The van der Waals surface area contributed by atoms with Crippen LogP contribution in [0.15, 0.2) is 156 Å². The maximum Gasteiger partial charge on any atom is 0.583 e. The molecular weight excluding hydrogens is 761 g/mol. The second kappa shape index (κ2) is 22.5. The Bertz CT molecular complexity index is 2200. The predicted molar refractivity (Wildman–Crippen MR) is 234 cm³/mol. The third kappa shape index (κ3) is 12.9. The number of carbonyl (C=O) groups excluding carboxylic acids is 1. The first-order chi connectivity index (χ1) is 29.4. The molecule has 302 valence electrons. The van der Waals surface area contributed by atoms with E-state index in [4.69, 9.17) is 33.8 Å². The van der Waals surface area contributed by atoms with Gasteiger partial charge in [-0.25, -0.2) is 0 Å². The normalized spacial score (nSPS) is 11.9. The molecule has 0 aliphatic carbocycles. The lowest BCUT2D eigenvalue weighted by molar-refractivity contribution is 0.112. The molecule has 8 rings (SSSR count). The van der Waals surface area contributed by atoms with Crippen LogP contribution in [0, 0.1) is 0 Å². The number of rotatable bonds is 14. The van der Waals surface area contributed by atoms with E-state index in [1.165, 1.54) is 28.8 Å². The summed E-state index contributed by atoms with van der Waals surface area (Å²) < 4.78 is 26.6. The molecule has 15 heteroatoms. The summed E-state index contributed by atoms with van der Waals surface area (Å²) in [6, 6.07) is 45.9. The van der Waals surface area contributed by atoms with Crippen molar-refractivity contribution < 1.29 is 48.6 Å². The molecule has 2 aliphatic rings. The Hall–Kier alpha value is -6.64. The van der Waals surface area contributed by atoms with E-state index in [2.05, 4.69) is 34.6 Å². The summed E-state index contributed by atoms with van der Waals surface area (Å²) in [5.74, 6) is 2.06. The van der Waals surface area contributed by atoms with Crippen LogP contribution in [-0.2, 0) is 28.8 Å². The summed E-state index contributed by atoms with van der Waals surface area (Å²) in [5, 5.41) is 44.7. The van der Waals surface area contributed by atoms with Crippen LogP contribution in [-0.4, -0.2) is 80.0 Å². The molecule has 4 N–H and O–H groups in total. The van der Waals surface area contributed by atoms with Crippen molar-refractivity contribution in [1.82, 2.24) is 0 Å². The number of ether oxygens (including phenoxy) is 3. The van der Waals surface area contributed by atoms with E-state index in [9.17, 15) is 14.8 Å². The first-order valence-corrected chi connectivity index (χ1v) is 19.3. The molecule has 0 fully saturated rings. The van der Waals surface area contributed by atoms with Gasteiger partial charge in [-0.15, -0.1) is 10.3 Å². The monoisotopic (exact) mass is 804 g/mol. The number of hydrogen-bond donors (Lipinski definition) is 4. The number of benzene rings is 6. The maximum absolute atomic E-state index is 10.9. The lowest BCUT2D eigenvalue weighted by atomic mass is 9.76. The zero-order valence-corrected chi connectivity index (χ0v) is 32.7. The fourth-order valence-electron chi connectivity index (χ4n) is 6.14. The van der Waals surface area contributed by atoms with Gasteiger partial charge in [0.05, 0.1) is 32.2 Å². The zero-order valence-electron chi connectivity index (χ0n) is 32.7. The Labute approximate surface area is 349 Å². The van der Waals surface area contributed by atoms with E-state index in [0.717, 1.165) is 41.9 Å². The predicted octanol–water partition coefficient (Wildman–Crippen LogP) is 3.52. The number of carbonyl (C=O) groups is 1. The minimum Gasteiger partial charge on any atom is -0.493 e. The Morgan fingerprint density at radius 3 is 1.30 bits per heavy atom. The smallest absolute Gasteiger partial charge is 0.493 e. The largest absolute Gasteiger partial charge is 0.583 e. The van der Waals surface area contributed by atoms with Crippen LogP contribution in [0.1, 0.15) is 38.2 Å². The highest BCUT2D eigenvalue weighted by molar-refractivity contribution is 6.62. The number of aldehydes is 1. The molecular formula is C45H43B3N2O10. The van der Waals surface area contributed by atoms with Gasteiger partial charge < -0.3 is 43.8 Å². The van der Waals surface area contributed by atoms with E-state index in [1.807, 2.05) is 91.0 Å². The van der Waals surface area contributed by atoms with Crippen molar-refractivity contribution >= 4 is 56.5 Å². The van der Waals surface area contributed by atoms with Crippen LogP contribution < -0.4 is 30.6 Å². The van der Waals surface area contributed by atoms with Crippen LogP contribution in [0.4, 0.5) is 0 Å². The van der Waals surface area contributed by atoms with E-state index in [-0.39, 0.29) is 11.0 Å². The molecule has 6 aromatic rings. The average Bonchev–Trinajstić information content (AvgIpc) is 3.28. The SMILES string of the molecule is O=Cc1cc(OCCc2ccccc2)ccc1B(O)O.OB1ON=Cc2cc(OCCc3ccccc3)ccc21.OB1ON=Cc2cc(OCCc3ccccc3)ccc21. The fourth-order valence-corrected chi connectivity index (χ4v) is 6.14. The van der Waals surface area contributed by atoms with Crippen LogP contribution >= 0.6 is 0 Å². The number of oxime groups is 2. The van der Waals surface area contributed by atoms with Crippen LogP contribution in [0.5, 0.6) is 17.2 Å². The van der Waals surface area contributed by atoms with Crippen molar-refractivity contribution in [2.75, 3.05) is 19.8 Å². The summed E-state index contributed by atoms with van der Waals surface area (Å²) in [7, 11) is -3.64. The van der Waals surface area contributed by atoms with Crippen LogP contribution in [0.2, 0.25) is 0 Å².